The van der Waals surface area contributed by atoms with Crippen LogP contribution in [0.5, 0.6) is 0 Å². The highest BCUT2D eigenvalue weighted by atomic mass is 16.6. The summed E-state index contributed by atoms with van der Waals surface area (Å²) in [6.45, 7) is 2.80. The van der Waals surface area contributed by atoms with E-state index in [0.717, 1.165) is 5.56 Å². The number of benzene rings is 1. The van der Waals surface area contributed by atoms with E-state index in [9.17, 15) is 19.2 Å². The molecule has 0 fully saturated rings. The Bertz CT molecular complexity index is 788. The second kappa shape index (κ2) is 12.3. The van der Waals surface area contributed by atoms with Crippen molar-refractivity contribution in [3.05, 3.63) is 35.4 Å². The molecule has 0 aliphatic carbocycles. The van der Waals surface area contributed by atoms with Crippen molar-refractivity contribution >= 4 is 29.7 Å². The highest BCUT2D eigenvalue weighted by molar-refractivity contribution is 6.04. The lowest BCUT2D eigenvalue weighted by atomic mass is 9.78. The van der Waals surface area contributed by atoms with Gasteiger partial charge in [0.15, 0.2) is 5.41 Å². The van der Waals surface area contributed by atoms with Crippen LogP contribution in [-0.4, -0.2) is 56.5 Å². The van der Waals surface area contributed by atoms with Gasteiger partial charge in [0.2, 0.25) is 5.91 Å². The molecule has 31 heavy (non-hydrogen) atoms. The first kappa shape index (κ1) is 25.6. The van der Waals surface area contributed by atoms with E-state index in [-0.39, 0.29) is 31.9 Å². The number of rotatable bonds is 12. The van der Waals surface area contributed by atoms with Gasteiger partial charge in [-0.05, 0) is 32.3 Å². The van der Waals surface area contributed by atoms with Gasteiger partial charge in [0.05, 0.1) is 26.7 Å². The minimum absolute atomic E-state index is 0.0110. The van der Waals surface area contributed by atoms with Gasteiger partial charge >= 0.3 is 17.9 Å². The molecule has 0 bridgehead atoms. The second-order valence-corrected chi connectivity index (χ2v) is 6.66. The molecule has 10 nitrogen and oxygen atoms in total. The topological polar surface area (TPSA) is 158 Å². The molecule has 0 spiro atoms. The number of amidine groups is 1. The fourth-order valence-electron chi connectivity index (χ4n) is 2.85. The standard InChI is InChI=1S/C21H29N3O7/c1-4-30-19(27)21(20(28)31-5-2,12-16(25)24-13-17(26)29-3)11-10-14-6-8-15(9-7-14)18(22)23/h6-9H,4-5,10-13H2,1-3H3,(H3,22,23)(H,24,25). The molecule has 1 rings (SSSR count). The number of methoxy groups -OCH3 is 1. The zero-order valence-electron chi connectivity index (χ0n) is 18.0. The molecule has 1 amide bonds. The van der Waals surface area contributed by atoms with Crippen molar-refractivity contribution in [3.63, 3.8) is 0 Å². The number of amides is 1. The zero-order chi connectivity index (χ0) is 23.4. The number of hydrogen-bond acceptors (Lipinski definition) is 8. The van der Waals surface area contributed by atoms with E-state index < -0.39 is 42.2 Å². The molecule has 1 aromatic rings. The molecule has 0 aliphatic rings. The van der Waals surface area contributed by atoms with Gasteiger partial charge in [-0.1, -0.05) is 24.3 Å². The largest absolute Gasteiger partial charge is 0.468 e. The quantitative estimate of drug-likeness (QED) is 0.142. The predicted molar refractivity (Wildman–Crippen MR) is 111 cm³/mol. The Morgan fingerprint density at radius 1 is 1.03 bits per heavy atom. The smallest absolute Gasteiger partial charge is 0.325 e. The Morgan fingerprint density at radius 3 is 2.03 bits per heavy atom. The summed E-state index contributed by atoms with van der Waals surface area (Å²) in [6, 6.07) is 6.73. The molecule has 0 heterocycles. The molecular formula is C21H29N3O7. The van der Waals surface area contributed by atoms with E-state index in [1.165, 1.54) is 7.11 Å². The monoisotopic (exact) mass is 435 g/mol. The first-order valence-electron chi connectivity index (χ1n) is 9.81. The van der Waals surface area contributed by atoms with E-state index in [0.29, 0.717) is 5.56 Å². The third-order valence-corrected chi connectivity index (χ3v) is 4.56. The van der Waals surface area contributed by atoms with E-state index in [4.69, 9.17) is 20.6 Å². The lowest BCUT2D eigenvalue weighted by Crippen LogP contribution is -2.46. The summed E-state index contributed by atoms with van der Waals surface area (Å²) in [5, 5.41) is 9.78. The summed E-state index contributed by atoms with van der Waals surface area (Å²) in [4.78, 5) is 49.4. The van der Waals surface area contributed by atoms with Crippen LogP contribution >= 0.6 is 0 Å². The minimum atomic E-state index is -1.88. The van der Waals surface area contributed by atoms with Crippen LogP contribution in [0.15, 0.2) is 24.3 Å². The molecule has 0 saturated heterocycles. The average molecular weight is 435 g/mol. The Morgan fingerprint density at radius 2 is 1.58 bits per heavy atom. The van der Waals surface area contributed by atoms with Crippen molar-refractivity contribution in [2.24, 2.45) is 11.1 Å². The fourth-order valence-corrected chi connectivity index (χ4v) is 2.85. The third-order valence-electron chi connectivity index (χ3n) is 4.56. The average Bonchev–Trinajstić information content (AvgIpc) is 2.75. The van der Waals surface area contributed by atoms with E-state index >= 15 is 0 Å². The fraction of sp³-hybridized carbons (Fsp3) is 0.476. The lowest BCUT2D eigenvalue weighted by molar-refractivity contribution is -0.174. The number of carbonyl (C=O) groups is 4. The van der Waals surface area contributed by atoms with Gasteiger partial charge in [0.25, 0.3) is 0 Å². The van der Waals surface area contributed by atoms with Gasteiger partial charge in [-0.25, -0.2) is 0 Å². The van der Waals surface area contributed by atoms with Crippen LogP contribution in [-0.2, 0) is 39.8 Å². The number of nitrogens with one attached hydrogen (secondary N) is 2. The maximum Gasteiger partial charge on any atom is 0.325 e. The summed E-state index contributed by atoms with van der Waals surface area (Å²) in [7, 11) is 1.17. The highest BCUT2D eigenvalue weighted by Gasteiger charge is 2.50. The predicted octanol–water partition coefficient (Wildman–Crippen LogP) is 0.695. The molecular weight excluding hydrogens is 406 g/mol. The summed E-state index contributed by atoms with van der Waals surface area (Å²) in [5.74, 6) is -3.19. The number of hydrogen-bond donors (Lipinski definition) is 3. The highest BCUT2D eigenvalue weighted by Crippen LogP contribution is 2.33. The van der Waals surface area contributed by atoms with Crippen molar-refractivity contribution in [2.75, 3.05) is 26.9 Å². The number of ether oxygens (including phenoxy) is 3. The van der Waals surface area contributed by atoms with Crippen LogP contribution in [0.1, 0.15) is 37.8 Å². The molecule has 0 atom stereocenters. The van der Waals surface area contributed by atoms with Gasteiger partial charge in [-0.2, -0.15) is 0 Å². The van der Waals surface area contributed by atoms with Crippen LogP contribution in [0, 0.1) is 10.8 Å². The Hall–Kier alpha value is -3.43. The molecule has 0 aromatic heterocycles. The van der Waals surface area contributed by atoms with Crippen LogP contribution in [0.4, 0.5) is 0 Å². The first-order chi connectivity index (χ1) is 14.7. The summed E-state index contributed by atoms with van der Waals surface area (Å²) < 4.78 is 14.7. The van der Waals surface area contributed by atoms with Crippen molar-refractivity contribution in [1.29, 1.82) is 5.41 Å². The Kier molecular flexibility index (Phi) is 10.2. The number of aryl methyl sites for hydroxylation is 1. The van der Waals surface area contributed by atoms with Gasteiger partial charge in [-0.3, -0.25) is 24.6 Å². The third kappa shape index (κ3) is 7.40. The van der Waals surface area contributed by atoms with E-state index in [1.54, 1.807) is 38.1 Å². The van der Waals surface area contributed by atoms with Crippen molar-refractivity contribution in [1.82, 2.24) is 5.32 Å². The van der Waals surface area contributed by atoms with Gasteiger partial charge in [0, 0.05) is 5.56 Å². The lowest BCUT2D eigenvalue weighted by Gasteiger charge is -2.28. The van der Waals surface area contributed by atoms with Crippen molar-refractivity contribution < 1.29 is 33.4 Å². The van der Waals surface area contributed by atoms with Gasteiger partial charge in [0.1, 0.15) is 12.4 Å². The van der Waals surface area contributed by atoms with Crippen molar-refractivity contribution in [3.8, 4) is 0 Å². The normalized spacial score (nSPS) is 10.7. The molecule has 10 heteroatoms. The molecule has 1 aromatic carbocycles. The zero-order valence-corrected chi connectivity index (χ0v) is 18.0. The number of nitrogen functional groups attached to an aromatic ring is 1. The molecule has 0 saturated carbocycles. The molecule has 4 N–H and O–H groups in total. The SMILES string of the molecule is CCOC(=O)C(CCc1ccc(C(=N)N)cc1)(CC(=O)NCC(=O)OC)C(=O)OCC. The van der Waals surface area contributed by atoms with E-state index in [2.05, 4.69) is 10.1 Å². The van der Waals surface area contributed by atoms with E-state index in [1.807, 2.05) is 0 Å². The summed E-state index contributed by atoms with van der Waals surface area (Å²) >= 11 is 0. The molecule has 0 aliphatic heterocycles. The Labute approximate surface area is 180 Å². The van der Waals surface area contributed by atoms with Crippen LogP contribution in [0.2, 0.25) is 0 Å². The molecule has 170 valence electrons. The number of esters is 3. The number of carbonyl (C=O) groups excluding carboxylic acids is 4. The van der Waals surface area contributed by atoms with Crippen molar-refractivity contribution in [2.45, 2.75) is 33.1 Å². The van der Waals surface area contributed by atoms with Crippen LogP contribution in [0.25, 0.3) is 0 Å². The van der Waals surface area contributed by atoms with Crippen LogP contribution < -0.4 is 11.1 Å². The summed E-state index contributed by atoms with van der Waals surface area (Å²) in [5.41, 5.74) is 4.87. The van der Waals surface area contributed by atoms with Gasteiger partial charge < -0.3 is 25.3 Å². The Balaban J connectivity index is 3.16. The number of nitrogens with two attached hydrogens (primary N) is 1. The first-order valence-corrected chi connectivity index (χ1v) is 9.81. The minimum Gasteiger partial charge on any atom is -0.468 e. The summed E-state index contributed by atoms with van der Waals surface area (Å²) in [6.07, 6.45) is -0.358. The maximum absolute atomic E-state index is 12.8. The second-order valence-electron chi connectivity index (χ2n) is 6.66. The maximum atomic E-state index is 12.8. The van der Waals surface area contributed by atoms with Crippen LogP contribution in [0.3, 0.4) is 0 Å². The van der Waals surface area contributed by atoms with Gasteiger partial charge in [-0.15, -0.1) is 0 Å². The molecule has 0 radical (unpaired) electrons. The molecule has 0 unspecified atom stereocenters.